The van der Waals surface area contributed by atoms with Gasteiger partial charge in [-0.05, 0) is 38.8 Å². The topological polar surface area (TPSA) is 55.8 Å². The van der Waals surface area contributed by atoms with Crippen LogP contribution in [0.5, 0.6) is 0 Å². The van der Waals surface area contributed by atoms with Gasteiger partial charge in [0.25, 0.3) is 0 Å². The van der Waals surface area contributed by atoms with Gasteiger partial charge in [-0.15, -0.1) is 24.0 Å². The first kappa shape index (κ1) is 25.7. The van der Waals surface area contributed by atoms with Crippen LogP contribution < -0.4 is 15.5 Å². The first-order chi connectivity index (χ1) is 13.3. The van der Waals surface area contributed by atoms with Crippen molar-refractivity contribution in [2.75, 3.05) is 44.2 Å². The molecule has 166 valence electrons. The standard InChI is InChI=1S/C19H31F3N6.HI/c1-4-23-18(26-16-9-10-27(13-16)14-19(20,21)22)25-12-15-7-8-17(24-11-15)28(5-2)6-3;/h7-8,11,16H,4-6,9-10,12-14H2,1-3H3,(H2,23,25,26);1H. The zero-order chi connectivity index (χ0) is 20.6. The van der Waals surface area contributed by atoms with Crippen LogP contribution in [0.3, 0.4) is 0 Å². The van der Waals surface area contributed by atoms with E-state index in [1.165, 1.54) is 4.90 Å². The molecule has 2 rings (SSSR count). The lowest BCUT2D eigenvalue weighted by Crippen LogP contribution is -2.45. The highest BCUT2D eigenvalue weighted by atomic mass is 127. The summed E-state index contributed by atoms with van der Waals surface area (Å²) in [6, 6.07) is 3.96. The number of anilines is 1. The molecule has 2 N–H and O–H groups in total. The number of aliphatic imine (C=N–C) groups is 1. The Morgan fingerprint density at radius 2 is 2.00 bits per heavy atom. The Hall–Kier alpha value is -1.30. The molecule has 1 aromatic heterocycles. The third-order valence-corrected chi connectivity index (χ3v) is 4.68. The quantitative estimate of drug-likeness (QED) is 0.309. The maximum absolute atomic E-state index is 12.5. The maximum atomic E-state index is 12.5. The highest BCUT2D eigenvalue weighted by molar-refractivity contribution is 14.0. The lowest BCUT2D eigenvalue weighted by Gasteiger charge is -2.20. The van der Waals surface area contributed by atoms with Crippen LogP contribution in [0.4, 0.5) is 19.0 Å². The molecule has 1 aliphatic heterocycles. The monoisotopic (exact) mass is 528 g/mol. The summed E-state index contributed by atoms with van der Waals surface area (Å²) in [6.45, 7) is 9.05. The third kappa shape index (κ3) is 8.93. The van der Waals surface area contributed by atoms with Crippen molar-refractivity contribution in [3.8, 4) is 0 Å². The van der Waals surface area contributed by atoms with Crippen LogP contribution in [0.1, 0.15) is 32.8 Å². The molecule has 29 heavy (non-hydrogen) atoms. The molecule has 1 unspecified atom stereocenters. The van der Waals surface area contributed by atoms with Crippen LogP contribution in [0.25, 0.3) is 0 Å². The first-order valence-electron chi connectivity index (χ1n) is 9.88. The molecular formula is C19H32F3IN6. The van der Waals surface area contributed by atoms with E-state index in [0.717, 1.165) is 24.5 Å². The number of alkyl halides is 3. The fraction of sp³-hybridized carbons (Fsp3) is 0.684. The van der Waals surface area contributed by atoms with Gasteiger partial charge in [0.1, 0.15) is 5.82 Å². The third-order valence-electron chi connectivity index (χ3n) is 4.68. The first-order valence-corrected chi connectivity index (χ1v) is 9.88. The number of pyridine rings is 1. The van der Waals surface area contributed by atoms with Crippen LogP contribution >= 0.6 is 24.0 Å². The lowest BCUT2D eigenvalue weighted by atomic mass is 10.2. The highest BCUT2D eigenvalue weighted by Gasteiger charge is 2.34. The van der Waals surface area contributed by atoms with E-state index in [1.807, 2.05) is 25.3 Å². The van der Waals surface area contributed by atoms with Gasteiger partial charge in [-0.1, -0.05) is 6.07 Å². The number of nitrogens with one attached hydrogen (secondary N) is 2. The largest absolute Gasteiger partial charge is 0.401 e. The van der Waals surface area contributed by atoms with E-state index in [9.17, 15) is 13.2 Å². The molecular weight excluding hydrogens is 496 g/mol. The predicted molar refractivity (Wildman–Crippen MR) is 122 cm³/mol. The van der Waals surface area contributed by atoms with Crippen LogP contribution in [0.15, 0.2) is 23.3 Å². The van der Waals surface area contributed by atoms with E-state index in [0.29, 0.717) is 38.6 Å². The lowest BCUT2D eigenvalue weighted by molar-refractivity contribution is -0.143. The normalized spacial score (nSPS) is 17.7. The van der Waals surface area contributed by atoms with Crippen molar-refractivity contribution >= 4 is 35.8 Å². The molecule has 0 bridgehead atoms. The van der Waals surface area contributed by atoms with E-state index in [-0.39, 0.29) is 30.0 Å². The van der Waals surface area contributed by atoms with Gasteiger partial charge in [0.2, 0.25) is 0 Å². The highest BCUT2D eigenvalue weighted by Crippen LogP contribution is 2.20. The minimum atomic E-state index is -4.15. The summed E-state index contributed by atoms with van der Waals surface area (Å²) in [7, 11) is 0. The van der Waals surface area contributed by atoms with Gasteiger partial charge in [0, 0.05) is 45.0 Å². The predicted octanol–water partition coefficient (Wildman–Crippen LogP) is 3.24. The fourth-order valence-corrected chi connectivity index (χ4v) is 3.28. The van der Waals surface area contributed by atoms with Crippen molar-refractivity contribution in [1.29, 1.82) is 0 Å². The summed E-state index contributed by atoms with van der Waals surface area (Å²) < 4.78 is 37.6. The Kier molecular flexibility index (Phi) is 11.0. The summed E-state index contributed by atoms with van der Waals surface area (Å²) in [5, 5.41) is 6.41. The summed E-state index contributed by atoms with van der Waals surface area (Å²) in [6.07, 6.45) is -1.67. The Morgan fingerprint density at radius 1 is 1.28 bits per heavy atom. The number of rotatable bonds is 8. The number of likely N-dealkylation sites (tertiary alicyclic amines) is 1. The van der Waals surface area contributed by atoms with Gasteiger partial charge >= 0.3 is 6.18 Å². The van der Waals surface area contributed by atoms with Crippen molar-refractivity contribution in [3.63, 3.8) is 0 Å². The molecule has 1 saturated heterocycles. The molecule has 0 aromatic carbocycles. The number of guanidine groups is 1. The van der Waals surface area contributed by atoms with Gasteiger partial charge in [-0.25, -0.2) is 9.98 Å². The molecule has 10 heteroatoms. The number of nitrogens with zero attached hydrogens (tertiary/aromatic N) is 4. The molecule has 1 fully saturated rings. The number of hydrogen-bond acceptors (Lipinski definition) is 4. The SMILES string of the molecule is CCNC(=NCc1ccc(N(CC)CC)nc1)NC1CCN(CC(F)(F)F)C1.I. The van der Waals surface area contributed by atoms with Gasteiger partial charge in [0.15, 0.2) is 5.96 Å². The second-order valence-electron chi connectivity index (χ2n) is 6.87. The number of aromatic nitrogens is 1. The van der Waals surface area contributed by atoms with Crippen molar-refractivity contribution in [2.24, 2.45) is 4.99 Å². The van der Waals surface area contributed by atoms with Crippen molar-refractivity contribution < 1.29 is 13.2 Å². The molecule has 0 radical (unpaired) electrons. The average Bonchev–Trinajstić information content (AvgIpc) is 3.07. The Bertz CT molecular complexity index is 619. The molecule has 1 aliphatic rings. The molecule has 0 saturated carbocycles. The van der Waals surface area contributed by atoms with E-state index < -0.39 is 12.7 Å². The average molecular weight is 528 g/mol. The summed E-state index contributed by atoms with van der Waals surface area (Å²) in [5.41, 5.74) is 0.984. The van der Waals surface area contributed by atoms with Gasteiger partial charge in [0.05, 0.1) is 13.1 Å². The molecule has 0 amide bonds. The van der Waals surface area contributed by atoms with E-state index in [4.69, 9.17) is 0 Å². The van der Waals surface area contributed by atoms with Gasteiger partial charge in [-0.3, -0.25) is 4.90 Å². The molecule has 6 nitrogen and oxygen atoms in total. The summed E-state index contributed by atoms with van der Waals surface area (Å²) in [4.78, 5) is 12.7. The fourth-order valence-electron chi connectivity index (χ4n) is 3.28. The Morgan fingerprint density at radius 3 is 2.55 bits per heavy atom. The van der Waals surface area contributed by atoms with Crippen molar-refractivity contribution in [2.45, 2.75) is 46.0 Å². The maximum Gasteiger partial charge on any atom is 0.401 e. The van der Waals surface area contributed by atoms with Crippen LogP contribution in [-0.4, -0.2) is 67.3 Å². The molecule has 0 aliphatic carbocycles. The number of hydrogen-bond donors (Lipinski definition) is 2. The van der Waals surface area contributed by atoms with Crippen LogP contribution in [0.2, 0.25) is 0 Å². The molecule has 2 heterocycles. The van der Waals surface area contributed by atoms with Gasteiger partial charge in [-0.2, -0.15) is 13.2 Å². The minimum absolute atomic E-state index is 0. The minimum Gasteiger partial charge on any atom is -0.357 e. The Balaban J connectivity index is 0.00000420. The van der Waals surface area contributed by atoms with E-state index >= 15 is 0 Å². The Labute approximate surface area is 188 Å². The van der Waals surface area contributed by atoms with Gasteiger partial charge < -0.3 is 15.5 Å². The smallest absolute Gasteiger partial charge is 0.357 e. The second kappa shape index (κ2) is 12.4. The zero-order valence-electron chi connectivity index (χ0n) is 17.3. The molecule has 1 aromatic rings. The van der Waals surface area contributed by atoms with Crippen molar-refractivity contribution in [3.05, 3.63) is 23.9 Å². The number of halogens is 4. The zero-order valence-corrected chi connectivity index (χ0v) is 19.6. The van der Waals surface area contributed by atoms with E-state index in [2.05, 4.69) is 39.4 Å². The second-order valence-corrected chi connectivity index (χ2v) is 6.87. The summed E-state index contributed by atoms with van der Waals surface area (Å²) >= 11 is 0. The van der Waals surface area contributed by atoms with Crippen molar-refractivity contribution in [1.82, 2.24) is 20.5 Å². The molecule has 0 spiro atoms. The van der Waals surface area contributed by atoms with Crippen LogP contribution in [-0.2, 0) is 6.54 Å². The molecule has 1 atom stereocenters. The van der Waals surface area contributed by atoms with E-state index in [1.54, 1.807) is 0 Å². The van der Waals surface area contributed by atoms with Crippen LogP contribution in [0, 0.1) is 0 Å². The summed E-state index contributed by atoms with van der Waals surface area (Å²) in [5.74, 6) is 1.56.